The van der Waals surface area contributed by atoms with Crippen LogP contribution in [0.1, 0.15) is 18.4 Å². The van der Waals surface area contributed by atoms with Gasteiger partial charge in [0, 0.05) is 5.92 Å². The van der Waals surface area contributed by atoms with E-state index in [9.17, 15) is 10.2 Å². The van der Waals surface area contributed by atoms with Gasteiger partial charge in [-0.2, -0.15) is 0 Å². The Morgan fingerprint density at radius 1 is 1.00 bits per heavy atom. The summed E-state index contributed by atoms with van der Waals surface area (Å²) in [6.45, 7) is 0. The maximum Gasteiger partial charge on any atom is 0.0597 e. The third-order valence-corrected chi connectivity index (χ3v) is 3.06. The van der Waals surface area contributed by atoms with E-state index in [0.717, 1.165) is 19.3 Å². The molecule has 0 saturated heterocycles. The molecule has 2 rings (SSSR count). The molecule has 1 saturated carbocycles. The van der Waals surface area contributed by atoms with E-state index in [-0.39, 0.29) is 18.1 Å². The second kappa shape index (κ2) is 4.11. The Bertz CT molecular complexity index is 274. The van der Waals surface area contributed by atoms with Crippen molar-refractivity contribution in [3.05, 3.63) is 35.9 Å². The van der Waals surface area contributed by atoms with Gasteiger partial charge in [-0.25, -0.2) is 0 Å². The predicted octanol–water partition coefficient (Wildman–Crippen LogP) is 1.36. The summed E-state index contributed by atoms with van der Waals surface area (Å²) >= 11 is 0. The average Bonchev–Trinajstić information content (AvgIpc) is 2.51. The van der Waals surface area contributed by atoms with Crippen molar-refractivity contribution in [3.63, 3.8) is 0 Å². The number of benzene rings is 1. The molecule has 2 atom stereocenters. The lowest BCUT2D eigenvalue weighted by atomic mass is 9.95. The van der Waals surface area contributed by atoms with Gasteiger partial charge in [-0.05, 0) is 24.8 Å². The van der Waals surface area contributed by atoms with Gasteiger partial charge in [0.25, 0.3) is 0 Å². The van der Waals surface area contributed by atoms with Gasteiger partial charge in [-0.1, -0.05) is 30.3 Å². The molecule has 1 aliphatic rings. The average molecular weight is 192 g/mol. The fourth-order valence-corrected chi connectivity index (χ4v) is 2.18. The molecule has 0 aliphatic heterocycles. The minimum Gasteiger partial charge on any atom is -0.393 e. The number of aliphatic hydroxyl groups excluding tert-OH is 2. The van der Waals surface area contributed by atoms with Crippen molar-refractivity contribution < 1.29 is 10.2 Å². The van der Waals surface area contributed by atoms with E-state index in [4.69, 9.17) is 0 Å². The van der Waals surface area contributed by atoms with Crippen molar-refractivity contribution in [3.8, 4) is 0 Å². The van der Waals surface area contributed by atoms with Crippen molar-refractivity contribution >= 4 is 0 Å². The van der Waals surface area contributed by atoms with Gasteiger partial charge < -0.3 is 10.2 Å². The summed E-state index contributed by atoms with van der Waals surface area (Å²) in [7, 11) is 0. The highest BCUT2D eigenvalue weighted by Crippen LogP contribution is 2.29. The second-order valence-corrected chi connectivity index (χ2v) is 4.07. The van der Waals surface area contributed by atoms with Crippen LogP contribution in [-0.4, -0.2) is 22.4 Å². The van der Waals surface area contributed by atoms with E-state index >= 15 is 0 Å². The van der Waals surface area contributed by atoms with Crippen LogP contribution in [-0.2, 0) is 6.42 Å². The Kier molecular flexibility index (Phi) is 2.85. The molecule has 0 spiro atoms. The van der Waals surface area contributed by atoms with Gasteiger partial charge in [0.15, 0.2) is 0 Å². The number of hydrogen-bond acceptors (Lipinski definition) is 2. The Balaban J connectivity index is 2.04. The van der Waals surface area contributed by atoms with E-state index in [1.54, 1.807) is 0 Å². The number of hydrogen-bond donors (Lipinski definition) is 2. The molecular formula is C12H16O2. The molecule has 0 amide bonds. The minimum absolute atomic E-state index is 0.0254. The first-order valence-electron chi connectivity index (χ1n) is 5.17. The monoisotopic (exact) mass is 192 g/mol. The van der Waals surface area contributed by atoms with E-state index in [1.165, 1.54) is 5.56 Å². The second-order valence-electron chi connectivity index (χ2n) is 4.07. The summed E-state index contributed by atoms with van der Waals surface area (Å²) in [5.41, 5.74) is 1.19. The quantitative estimate of drug-likeness (QED) is 0.742. The fourth-order valence-electron chi connectivity index (χ4n) is 2.18. The first kappa shape index (κ1) is 9.69. The fraction of sp³-hybridized carbons (Fsp3) is 0.500. The highest BCUT2D eigenvalue weighted by atomic mass is 16.3. The minimum atomic E-state index is -0.329. The lowest BCUT2D eigenvalue weighted by molar-refractivity contribution is 0.0658. The first-order valence-corrected chi connectivity index (χ1v) is 5.17. The third-order valence-electron chi connectivity index (χ3n) is 3.06. The Labute approximate surface area is 84.2 Å². The van der Waals surface area contributed by atoms with E-state index < -0.39 is 0 Å². The molecular weight excluding hydrogens is 176 g/mol. The molecule has 2 N–H and O–H groups in total. The van der Waals surface area contributed by atoms with Crippen LogP contribution < -0.4 is 0 Å². The van der Waals surface area contributed by atoms with E-state index in [0.29, 0.717) is 0 Å². The summed E-state index contributed by atoms with van der Waals surface area (Å²) in [5.74, 6) is 0.0254. The third kappa shape index (κ3) is 1.97. The zero-order valence-electron chi connectivity index (χ0n) is 8.13. The molecule has 1 aromatic rings. The van der Waals surface area contributed by atoms with Gasteiger partial charge in [-0.15, -0.1) is 0 Å². The van der Waals surface area contributed by atoms with Gasteiger partial charge >= 0.3 is 0 Å². The van der Waals surface area contributed by atoms with Gasteiger partial charge in [0.1, 0.15) is 0 Å². The van der Waals surface area contributed by atoms with Crippen LogP contribution in [0.15, 0.2) is 30.3 Å². The van der Waals surface area contributed by atoms with Crippen molar-refractivity contribution in [2.24, 2.45) is 5.92 Å². The summed E-state index contributed by atoms with van der Waals surface area (Å²) in [6, 6.07) is 10.0. The van der Waals surface area contributed by atoms with Gasteiger partial charge in [0.05, 0.1) is 12.2 Å². The van der Waals surface area contributed by atoms with Crippen LogP contribution in [0.4, 0.5) is 0 Å². The van der Waals surface area contributed by atoms with Crippen LogP contribution >= 0.6 is 0 Å². The molecule has 0 radical (unpaired) electrons. The molecule has 2 unspecified atom stereocenters. The van der Waals surface area contributed by atoms with E-state index in [2.05, 4.69) is 0 Å². The smallest absolute Gasteiger partial charge is 0.0597 e. The molecule has 0 bridgehead atoms. The zero-order chi connectivity index (χ0) is 9.97. The van der Waals surface area contributed by atoms with Crippen molar-refractivity contribution in [1.29, 1.82) is 0 Å². The summed E-state index contributed by atoms with van der Waals surface area (Å²) in [5, 5.41) is 19.3. The molecule has 2 nitrogen and oxygen atoms in total. The molecule has 1 fully saturated rings. The highest BCUT2D eigenvalue weighted by Gasteiger charge is 2.33. The number of aliphatic hydroxyl groups is 2. The van der Waals surface area contributed by atoms with Gasteiger partial charge in [0.2, 0.25) is 0 Å². The Morgan fingerprint density at radius 2 is 1.57 bits per heavy atom. The lowest BCUT2D eigenvalue weighted by Gasteiger charge is -2.17. The molecule has 2 heteroatoms. The summed E-state index contributed by atoms with van der Waals surface area (Å²) in [4.78, 5) is 0. The molecule has 0 aromatic heterocycles. The maximum atomic E-state index is 9.66. The molecule has 76 valence electrons. The summed E-state index contributed by atoms with van der Waals surface area (Å²) in [6.07, 6.45) is 1.59. The van der Waals surface area contributed by atoms with Crippen LogP contribution in [0.3, 0.4) is 0 Å². The molecule has 1 aliphatic carbocycles. The molecule has 14 heavy (non-hydrogen) atoms. The normalized spacial score (nSPS) is 32.0. The highest BCUT2D eigenvalue weighted by molar-refractivity contribution is 5.16. The predicted molar refractivity (Wildman–Crippen MR) is 54.9 cm³/mol. The zero-order valence-corrected chi connectivity index (χ0v) is 8.13. The van der Waals surface area contributed by atoms with Crippen molar-refractivity contribution in [1.82, 2.24) is 0 Å². The van der Waals surface area contributed by atoms with Crippen LogP contribution in [0.25, 0.3) is 0 Å². The lowest BCUT2D eigenvalue weighted by Crippen LogP contribution is -2.24. The topological polar surface area (TPSA) is 40.5 Å². The van der Waals surface area contributed by atoms with Crippen LogP contribution in [0, 0.1) is 5.92 Å². The number of rotatable bonds is 2. The summed E-state index contributed by atoms with van der Waals surface area (Å²) < 4.78 is 0. The standard InChI is InChI=1S/C12H16O2/c13-11-6-7-12(14)10(11)8-9-4-2-1-3-5-9/h1-5,10-14H,6-8H2. The molecule has 0 heterocycles. The maximum absolute atomic E-state index is 9.66. The Morgan fingerprint density at radius 3 is 2.14 bits per heavy atom. The van der Waals surface area contributed by atoms with Gasteiger partial charge in [-0.3, -0.25) is 0 Å². The van der Waals surface area contributed by atoms with Crippen LogP contribution in [0.2, 0.25) is 0 Å². The van der Waals surface area contributed by atoms with Crippen LogP contribution in [0.5, 0.6) is 0 Å². The Hall–Kier alpha value is -0.860. The van der Waals surface area contributed by atoms with E-state index in [1.807, 2.05) is 30.3 Å². The van der Waals surface area contributed by atoms with Crippen molar-refractivity contribution in [2.75, 3.05) is 0 Å². The largest absolute Gasteiger partial charge is 0.393 e. The van der Waals surface area contributed by atoms with Crippen molar-refractivity contribution in [2.45, 2.75) is 31.5 Å². The molecule has 1 aromatic carbocycles. The SMILES string of the molecule is OC1CCC(O)C1Cc1ccccc1. The first-order chi connectivity index (χ1) is 6.77.